The van der Waals surface area contributed by atoms with Gasteiger partial charge in [-0.15, -0.1) is 0 Å². The summed E-state index contributed by atoms with van der Waals surface area (Å²) in [6.45, 7) is 0. The Morgan fingerprint density at radius 3 is 0.647 bits per heavy atom. The van der Waals surface area contributed by atoms with Gasteiger partial charge in [-0.2, -0.15) is 0 Å². The Bertz CT molecular complexity index is 10600. The Morgan fingerprint density at radius 1 is 0.107 bits per heavy atom. The van der Waals surface area contributed by atoms with Gasteiger partial charge in [0.25, 0.3) is 0 Å². The Balaban J connectivity index is 0.000000106. The topological polar surface area (TPSA) is 107 Å². The van der Waals surface area contributed by atoms with Crippen molar-refractivity contribution in [1.29, 1.82) is 0 Å². The maximum absolute atomic E-state index is 5.38. The lowest BCUT2D eigenvalue weighted by Crippen LogP contribution is -2.04. The quantitative estimate of drug-likeness (QED) is 0.114. The average Bonchev–Trinajstić information content (AvgIpc) is 1.56. The number of hydrogen-bond acceptors (Lipinski definition) is 6. The second-order valence-corrected chi connectivity index (χ2v) is 38.5. The molecule has 0 unspecified atom stereocenters. The van der Waals surface area contributed by atoms with E-state index < -0.39 is 0 Å². The average molecular weight is 1910 g/mol. The molecule has 9 heterocycles. The van der Waals surface area contributed by atoms with Gasteiger partial charge in [0.05, 0.1) is 100 Å². The molecule has 0 bridgehead atoms. The summed E-state index contributed by atoms with van der Waals surface area (Å²) in [7, 11) is 0. The molecule has 0 saturated heterocycles. The highest BCUT2D eigenvalue weighted by molar-refractivity contribution is 6.23. The van der Waals surface area contributed by atoms with Gasteiger partial charge in [-0.05, 0) is 183 Å². The minimum absolute atomic E-state index is 0.645. The molecule has 0 radical (unpaired) electrons. The standard InChI is InChI=1S/C48H30N4.C46H30N4.C44H28N4/c1-2-16-37(17-3-1)51-44-20-10-8-18-38(44)40-29-47-41(28-46(40)51)39-19-9-11-21-45(39)52(47)48-49-42(35-24-22-31-12-4-6-14-33(31)26-35)30-43(50-48)36-25-23-32-13-5-7-15-34(32)27-36;1-4-15-31(16-5-1)34-21-14-22-35(27-34)49-42-25-12-10-23-36(42)38-29-45-39(28-44(38)49)37-24-11-13-26-43(37)50(45)46-47-40(32-17-6-2-7-18-32)30-41(48-46)33-19-8-3-9-20-33;1-3-14-30(15-4-1)38-28-39(31-16-5-2-6-17-31)46-44(45-38)48-41-22-12-10-20-35(41)37-26-42-36(27-43(37)48)34-19-9-11-21-40(34)47(42)33-24-23-29-13-7-8-18-32(29)25-33/h1-30H;1-30H;1-28H. The second-order valence-electron chi connectivity index (χ2n) is 38.5. The van der Waals surface area contributed by atoms with Crippen molar-refractivity contribution in [3.63, 3.8) is 0 Å². The molecule has 0 aliphatic heterocycles. The van der Waals surface area contributed by atoms with E-state index in [1.165, 1.54) is 109 Å². The summed E-state index contributed by atoms with van der Waals surface area (Å²) in [6, 6.07) is 189. The summed E-state index contributed by atoms with van der Waals surface area (Å²) >= 11 is 0. The molecule has 12 heteroatoms. The monoisotopic (exact) mass is 1910 g/mol. The summed E-state index contributed by atoms with van der Waals surface area (Å²) in [5.74, 6) is 1.94. The van der Waals surface area contributed by atoms with Crippen LogP contribution in [0, 0.1) is 0 Å². The van der Waals surface area contributed by atoms with Crippen LogP contribution in [0.25, 0.3) is 277 Å². The molecule has 0 amide bonds. The van der Waals surface area contributed by atoms with Crippen molar-refractivity contribution in [3.05, 3.63) is 534 Å². The van der Waals surface area contributed by atoms with Crippen LogP contribution < -0.4 is 0 Å². The van der Waals surface area contributed by atoms with Gasteiger partial charge in [-0.25, -0.2) is 29.9 Å². The minimum Gasteiger partial charge on any atom is -0.309 e. The van der Waals surface area contributed by atoms with Gasteiger partial charge in [0.2, 0.25) is 17.8 Å². The molecule has 150 heavy (non-hydrogen) atoms. The van der Waals surface area contributed by atoms with Crippen molar-refractivity contribution >= 4 is 163 Å². The lowest BCUT2D eigenvalue weighted by Gasteiger charge is -2.13. The summed E-state index contributed by atoms with van der Waals surface area (Å²) < 4.78 is 13.9. The van der Waals surface area contributed by atoms with E-state index >= 15 is 0 Å². The minimum atomic E-state index is 0.645. The fourth-order valence-corrected chi connectivity index (χ4v) is 22.7. The van der Waals surface area contributed by atoms with E-state index in [1.807, 2.05) is 24.3 Å². The van der Waals surface area contributed by atoms with Crippen LogP contribution in [-0.4, -0.2) is 57.3 Å². The molecular formula is C138H88N12. The highest BCUT2D eigenvalue weighted by atomic mass is 15.2. The predicted octanol–water partition coefficient (Wildman–Crippen LogP) is 35.1. The summed E-state index contributed by atoms with van der Waals surface area (Å²) in [6.07, 6.45) is 0. The van der Waals surface area contributed by atoms with Crippen LogP contribution in [0.1, 0.15) is 0 Å². The van der Waals surface area contributed by atoms with Gasteiger partial charge in [-0.3, -0.25) is 13.7 Å². The van der Waals surface area contributed by atoms with Crippen LogP contribution in [0.4, 0.5) is 0 Å². The molecule has 0 aliphatic carbocycles. The van der Waals surface area contributed by atoms with Gasteiger partial charge >= 0.3 is 0 Å². The van der Waals surface area contributed by atoms with E-state index in [-0.39, 0.29) is 0 Å². The smallest absolute Gasteiger partial charge is 0.235 e. The highest BCUT2D eigenvalue weighted by Crippen LogP contribution is 2.47. The maximum Gasteiger partial charge on any atom is 0.235 e. The highest BCUT2D eigenvalue weighted by Gasteiger charge is 2.28. The van der Waals surface area contributed by atoms with Crippen molar-refractivity contribution in [1.82, 2.24) is 57.3 Å². The maximum atomic E-state index is 5.38. The van der Waals surface area contributed by atoms with Crippen LogP contribution in [-0.2, 0) is 0 Å². The lowest BCUT2D eigenvalue weighted by atomic mass is 10.0. The Morgan fingerprint density at radius 2 is 0.327 bits per heavy atom. The third-order valence-corrected chi connectivity index (χ3v) is 29.7. The van der Waals surface area contributed by atoms with Crippen LogP contribution in [0.3, 0.4) is 0 Å². The number of aromatic nitrogens is 12. The molecule has 9 aromatic heterocycles. The molecule has 31 rings (SSSR count). The molecule has 0 fully saturated rings. The molecule has 700 valence electrons. The van der Waals surface area contributed by atoms with E-state index in [0.29, 0.717) is 17.8 Å². The summed E-state index contributed by atoms with van der Waals surface area (Å²) in [5.41, 5.74) is 30.9. The van der Waals surface area contributed by atoms with E-state index in [1.54, 1.807) is 0 Å². The Kier molecular flexibility index (Phi) is 20.7. The summed E-state index contributed by atoms with van der Waals surface area (Å²) in [5, 5.41) is 21.4. The normalized spacial score (nSPS) is 11.7. The molecular weight excluding hydrogens is 1830 g/mol. The number of nitrogens with zero attached hydrogens (tertiary/aromatic N) is 12. The third kappa shape index (κ3) is 14.8. The molecule has 12 nitrogen and oxygen atoms in total. The van der Waals surface area contributed by atoms with Gasteiger partial charge in [0.1, 0.15) is 0 Å². The molecule has 0 atom stereocenters. The Labute approximate surface area is 861 Å². The number of rotatable bonds is 13. The first-order valence-electron chi connectivity index (χ1n) is 50.9. The molecule has 22 aromatic carbocycles. The lowest BCUT2D eigenvalue weighted by molar-refractivity contribution is 0.996. The first-order valence-corrected chi connectivity index (χ1v) is 50.9. The van der Waals surface area contributed by atoms with E-state index in [0.717, 1.165) is 150 Å². The van der Waals surface area contributed by atoms with Crippen LogP contribution >= 0.6 is 0 Å². The van der Waals surface area contributed by atoms with E-state index in [9.17, 15) is 0 Å². The van der Waals surface area contributed by atoms with E-state index in [4.69, 9.17) is 29.9 Å². The van der Waals surface area contributed by atoms with Crippen molar-refractivity contribution < 1.29 is 0 Å². The third-order valence-electron chi connectivity index (χ3n) is 29.7. The second kappa shape index (κ2) is 35.9. The van der Waals surface area contributed by atoms with Crippen LogP contribution in [0.15, 0.2) is 534 Å². The van der Waals surface area contributed by atoms with Crippen LogP contribution in [0.5, 0.6) is 0 Å². The zero-order valence-corrected chi connectivity index (χ0v) is 81.2. The summed E-state index contributed by atoms with van der Waals surface area (Å²) in [4.78, 5) is 31.8. The molecule has 0 aliphatic rings. The molecule has 0 N–H and O–H groups in total. The fourth-order valence-electron chi connectivity index (χ4n) is 22.7. The number of benzene rings is 22. The molecule has 0 spiro atoms. The van der Waals surface area contributed by atoms with Crippen molar-refractivity contribution in [2.45, 2.75) is 0 Å². The zero-order valence-electron chi connectivity index (χ0n) is 81.2. The molecule has 0 saturated carbocycles. The largest absolute Gasteiger partial charge is 0.309 e. The molecule has 31 aromatic rings. The Hall–Kier alpha value is -20.3. The van der Waals surface area contributed by atoms with E-state index in [2.05, 4.69) is 537 Å². The van der Waals surface area contributed by atoms with Gasteiger partial charge in [0.15, 0.2) is 0 Å². The van der Waals surface area contributed by atoms with Crippen molar-refractivity contribution in [2.75, 3.05) is 0 Å². The zero-order chi connectivity index (χ0) is 98.8. The predicted molar refractivity (Wildman–Crippen MR) is 623 cm³/mol. The van der Waals surface area contributed by atoms with Gasteiger partial charge in [0, 0.05) is 115 Å². The van der Waals surface area contributed by atoms with Crippen molar-refractivity contribution in [3.8, 4) is 114 Å². The van der Waals surface area contributed by atoms with Gasteiger partial charge < -0.3 is 13.7 Å². The van der Waals surface area contributed by atoms with Crippen molar-refractivity contribution in [2.24, 2.45) is 0 Å². The SMILES string of the molecule is c1ccc(-c2cc(-c3ccccc3)nc(-n3c4ccccc4c4cc5c(cc43)c3ccccc3n5-c3ccc4ccccc4c3)n2)cc1.c1ccc(-c2cccc(-n3c4ccccc4c4cc5c(cc43)c3ccccc3n5-c3nc(-c4ccccc4)cc(-c4ccccc4)n3)c2)cc1.c1ccc(-n2c3ccccc3c3cc4c(cc32)c2ccccc2n4-c2nc(-c3ccc4ccccc4c3)cc(-c3ccc4ccccc4c3)n2)cc1. The first-order chi connectivity index (χ1) is 74.4. The number of hydrogen-bond donors (Lipinski definition) is 0. The number of fused-ring (bicyclic) bond motifs is 21. The fraction of sp³-hybridized carbons (Fsp3) is 0. The van der Waals surface area contributed by atoms with Gasteiger partial charge in [-0.1, -0.05) is 394 Å². The first kappa shape index (κ1) is 86.3. The number of para-hydroxylation sites is 7. The van der Waals surface area contributed by atoms with Crippen LogP contribution in [0.2, 0.25) is 0 Å².